The number of anilines is 2. The average Bonchev–Trinajstić information content (AvgIpc) is 3.28. The van der Waals surface area contributed by atoms with Crippen molar-refractivity contribution in [1.29, 1.82) is 0 Å². The van der Waals surface area contributed by atoms with Gasteiger partial charge in [0.15, 0.2) is 0 Å². The lowest BCUT2D eigenvalue weighted by Gasteiger charge is -2.18. The van der Waals surface area contributed by atoms with Gasteiger partial charge in [0.05, 0.1) is 10.9 Å². The Morgan fingerprint density at radius 1 is 1.19 bits per heavy atom. The molecule has 140 valence electrons. The van der Waals surface area contributed by atoms with E-state index in [-0.39, 0.29) is 5.91 Å². The highest BCUT2D eigenvalue weighted by atomic mass is 32.1. The van der Waals surface area contributed by atoms with Crippen LogP contribution in [-0.4, -0.2) is 29.0 Å². The molecular formula is C21H24N4OS. The molecule has 0 spiro atoms. The van der Waals surface area contributed by atoms with Crippen LogP contribution in [0.2, 0.25) is 0 Å². The van der Waals surface area contributed by atoms with Crippen LogP contribution in [0.4, 0.5) is 11.5 Å². The van der Waals surface area contributed by atoms with Gasteiger partial charge in [0.2, 0.25) is 0 Å². The summed E-state index contributed by atoms with van der Waals surface area (Å²) in [5, 5.41) is 4.03. The number of thiophene rings is 1. The number of rotatable bonds is 4. The van der Waals surface area contributed by atoms with Gasteiger partial charge in [0, 0.05) is 23.7 Å². The van der Waals surface area contributed by atoms with Crippen LogP contribution in [0.1, 0.15) is 53.4 Å². The van der Waals surface area contributed by atoms with Crippen LogP contribution in [0.15, 0.2) is 30.6 Å². The van der Waals surface area contributed by atoms with Gasteiger partial charge in [-0.2, -0.15) is 0 Å². The van der Waals surface area contributed by atoms with Crippen molar-refractivity contribution in [2.45, 2.75) is 39.5 Å². The fourth-order valence-corrected chi connectivity index (χ4v) is 4.75. The zero-order valence-corrected chi connectivity index (χ0v) is 16.8. The third-order valence-corrected chi connectivity index (χ3v) is 6.12. The molecule has 6 heteroatoms. The summed E-state index contributed by atoms with van der Waals surface area (Å²) in [6.45, 7) is 8.23. The first-order chi connectivity index (χ1) is 13.1. The highest BCUT2D eigenvalue weighted by Gasteiger charge is 2.25. The number of hydrogen-bond acceptors (Lipinski definition) is 5. The second-order valence-corrected chi connectivity index (χ2v) is 8.50. The zero-order valence-electron chi connectivity index (χ0n) is 16.0. The van der Waals surface area contributed by atoms with Crippen LogP contribution >= 0.6 is 11.3 Å². The Morgan fingerprint density at radius 3 is 2.67 bits per heavy atom. The van der Waals surface area contributed by atoms with Crippen molar-refractivity contribution in [2.24, 2.45) is 0 Å². The van der Waals surface area contributed by atoms with Crippen LogP contribution in [0.3, 0.4) is 0 Å². The molecule has 1 N–H and O–H groups in total. The summed E-state index contributed by atoms with van der Waals surface area (Å²) in [7, 11) is 0. The fourth-order valence-electron chi connectivity index (χ4n) is 3.77. The van der Waals surface area contributed by atoms with E-state index in [1.807, 2.05) is 25.1 Å². The van der Waals surface area contributed by atoms with E-state index < -0.39 is 0 Å². The Labute approximate surface area is 163 Å². The van der Waals surface area contributed by atoms with Crippen LogP contribution in [0.5, 0.6) is 0 Å². The number of para-hydroxylation sites is 1. The van der Waals surface area contributed by atoms with E-state index in [9.17, 15) is 4.79 Å². The number of amides is 1. The van der Waals surface area contributed by atoms with Crippen LogP contribution in [0, 0.1) is 6.92 Å². The van der Waals surface area contributed by atoms with Crippen molar-refractivity contribution in [1.82, 2.24) is 9.97 Å². The van der Waals surface area contributed by atoms with E-state index in [1.165, 1.54) is 0 Å². The van der Waals surface area contributed by atoms with Gasteiger partial charge in [0.1, 0.15) is 17.0 Å². The maximum absolute atomic E-state index is 13.3. The number of carbonyl (C=O) groups is 1. The van der Waals surface area contributed by atoms with E-state index in [1.54, 1.807) is 17.7 Å². The summed E-state index contributed by atoms with van der Waals surface area (Å²) in [6, 6.07) is 8.00. The normalized spacial score (nSPS) is 14.3. The van der Waals surface area contributed by atoms with Gasteiger partial charge in [-0.25, -0.2) is 9.97 Å². The number of nitrogens with one attached hydrogen (secondary N) is 1. The van der Waals surface area contributed by atoms with Gasteiger partial charge in [-0.15, -0.1) is 11.3 Å². The molecule has 3 aromatic rings. The number of fused-ring (bicyclic) bond motifs is 1. The first-order valence-electron chi connectivity index (χ1n) is 9.45. The Morgan fingerprint density at radius 2 is 1.93 bits per heavy atom. The second kappa shape index (κ2) is 7.27. The third-order valence-electron chi connectivity index (χ3n) is 5.11. The number of hydrogen-bond donors (Lipinski definition) is 1. The Kier molecular flexibility index (Phi) is 4.83. The molecule has 0 atom stereocenters. The fraction of sp³-hybridized carbons (Fsp3) is 0.381. The van der Waals surface area contributed by atoms with Crippen molar-refractivity contribution < 1.29 is 4.79 Å². The smallest absolute Gasteiger partial charge is 0.257 e. The lowest BCUT2D eigenvalue weighted by atomic mass is 10.0. The topological polar surface area (TPSA) is 58.1 Å². The van der Waals surface area contributed by atoms with E-state index in [0.29, 0.717) is 11.5 Å². The number of aryl methyl sites for hydroxylation is 1. The number of carbonyl (C=O) groups excluding carboxylic acids is 1. The molecule has 1 saturated heterocycles. The van der Waals surface area contributed by atoms with Crippen molar-refractivity contribution in [3.05, 3.63) is 46.6 Å². The van der Waals surface area contributed by atoms with Crippen molar-refractivity contribution >= 4 is 39.0 Å². The molecule has 0 radical (unpaired) electrons. The summed E-state index contributed by atoms with van der Waals surface area (Å²) in [4.78, 5) is 26.4. The molecule has 2 aromatic heterocycles. The molecule has 1 amide bonds. The molecule has 27 heavy (non-hydrogen) atoms. The van der Waals surface area contributed by atoms with E-state index in [2.05, 4.69) is 40.1 Å². The molecule has 1 aliphatic rings. The number of nitrogens with zero attached hydrogens (tertiary/aromatic N) is 3. The number of aromatic nitrogens is 2. The largest absolute Gasteiger partial charge is 0.356 e. The Bertz CT molecular complexity index is 989. The monoisotopic (exact) mass is 380 g/mol. The van der Waals surface area contributed by atoms with Crippen LogP contribution in [0.25, 0.3) is 10.2 Å². The molecule has 0 saturated carbocycles. The quantitative estimate of drug-likeness (QED) is 0.694. The highest BCUT2D eigenvalue weighted by Crippen LogP contribution is 2.36. The minimum absolute atomic E-state index is 0.0814. The van der Waals surface area contributed by atoms with Gasteiger partial charge < -0.3 is 10.2 Å². The summed E-state index contributed by atoms with van der Waals surface area (Å²) in [5.74, 6) is 1.15. The summed E-state index contributed by atoms with van der Waals surface area (Å²) < 4.78 is 0. The number of benzene rings is 1. The van der Waals surface area contributed by atoms with Crippen LogP contribution in [-0.2, 0) is 0 Å². The molecule has 5 nitrogen and oxygen atoms in total. The zero-order chi connectivity index (χ0) is 19.0. The predicted octanol–water partition coefficient (Wildman–Crippen LogP) is 4.98. The lowest BCUT2D eigenvalue weighted by Crippen LogP contribution is -2.21. The van der Waals surface area contributed by atoms with Crippen molar-refractivity contribution in [3.63, 3.8) is 0 Å². The molecule has 0 aliphatic carbocycles. The maximum atomic E-state index is 13.3. The third kappa shape index (κ3) is 3.30. The first kappa shape index (κ1) is 17.9. The lowest BCUT2D eigenvalue weighted by molar-refractivity contribution is 0.102. The maximum Gasteiger partial charge on any atom is 0.257 e. The van der Waals surface area contributed by atoms with Gasteiger partial charge in [-0.3, -0.25) is 4.79 Å². The molecule has 4 rings (SSSR count). The van der Waals surface area contributed by atoms with Crippen molar-refractivity contribution in [2.75, 3.05) is 23.3 Å². The molecule has 3 heterocycles. The average molecular weight is 381 g/mol. The minimum atomic E-state index is -0.0814. The summed E-state index contributed by atoms with van der Waals surface area (Å²) in [6.07, 6.45) is 3.94. The van der Waals surface area contributed by atoms with Gasteiger partial charge in [0.25, 0.3) is 5.91 Å². The SMILES string of the molecule is Cc1sc2ncnc(N3CCCC3)c2c1C(=O)Nc1ccccc1C(C)C. The minimum Gasteiger partial charge on any atom is -0.356 e. The molecule has 1 fully saturated rings. The van der Waals surface area contributed by atoms with Gasteiger partial charge in [-0.1, -0.05) is 32.0 Å². The van der Waals surface area contributed by atoms with Crippen molar-refractivity contribution in [3.8, 4) is 0 Å². The van der Waals surface area contributed by atoms with Gasteiger partial charge >= 0.3 is 0 Å². The molecule has 0 unspecified atom stereocenters. The van der Waals surface area contributed by atoms with E-state index >= 15 is 0 Å². The first-order valence-corrected chi connectivity index (χ1v) is 10.3. The Balaban J connectivity index is 1.77. The summed E-state index contributed by atoms with van der Waals surface area (Å²) in [5.41, 5.74) is 2.71. The van der Waals surface area contributed by atoms with E-state index in [4.69, 9.17) is 0 Å². The second-order valence-electron chi connectivity index (χ2n) is 7.30. The van der Waals surface area contributed by atoms with E-state index in [0.717, 1.165) is 58.1 Å². The molecule has 0 bridgehead atoms. The molecule has 1 aliphatic heterocycles. The van der Waals surface area contributed by atoms with Gasteiger partial charge in [-0.05, 0) is 37.3 Å². The molecule has 1 aromatic carbocycles. The molecular weight excluding hydrogens is 356 g/mol. The highest BCUT2D eigenvalue weighted by molar-refractivity contribution is 7.19. The Hall–Kier alpha value is -2.47. The standard InChI is InChI=1S/C21H24N4OS/c1-13(2)15-8-4-5-9-16(15)24-20(26)17-14(3)27-21-18(17)19(22-12-23-21)25-10-6-7-11-25/h4-5,8-9,12-13H,6-7,10-11H2,1-3H3,(H,24,26). The summed E-state index contributed by atoms with van der Waals surface area (Å²) >= 11 is 1.56. The van der Waals surface area contributed by atoms with Crippen LogP contribution < -0.4 is 10.2 Å². The predicted molar refractivity (Wildman–Crippen MR) is 112 cm³/mol.